The number of pyridine rings is 1. The fraction of sp³-hybridized carbons (Fsp3) is 0.0714. The Bertz CT molecular complexity index is 694. The smallest absolute Gasteiger partial charge is 0.255 e. The Morgan fingerprint density at radius 1 is 1.35 bits per heavy atom. The lowest BCUT2D eigenvalue weighted by molar-refractivity contribution is 0.102. The van der Waals surface area contributed by atoms with Gasteiger partial charge in [-0.25, -0.2) is 4.98 Å². The molecule has 2 rings (SSSR count). The lowest BCUT2D eigenvalue weighted by Gasteiger charge is -2.08. The molecule has 20 heavy (non-hydrogen) atoms. The maximum Gasteiger partial charge on any atom is 0.255 e. The van der Waals surface area contributed by atoms with Gasteiger partial charge in [-0.15, -0.1) is 0 Å². The normalized spacial score (nSPS) is 9.65. The van der Waals surface area contributed by atoms with Crippen molar-refractivity contribution in [1.82, 2.24) is 4.98 Å². The largest absolute Gasteiger partial charge is 0.373 e. The minimum Gasteiger partial charge on any atom is -0.373 e. The minimum absolute atomic E-state index is 0.331. The predicted octanol–water partition coefficient (Wildman–Crippen LogP) is 2.90. The van der Waals surface area contributed by atoms with E-state index in [1.165, 1.54) is 12.3 Å². The van der Waals surface area contributed by atoms with Crippen molar-refractivity contribution in [2.75, 3.05) is 17.7 Å². The summed E-state index contributed by atoms with van der Waals surface area (Å²) < 4.78 is 0. The first-order valence-electron chi connectivity index (χ1n) is 5.79. The molecule has 0 spiro atoms. The quantitative estimate of drug-likeness (QED) is 0.909. The van der Waals surface area contributed by atoms with E-state index >= 15 is 0 Å². The van der Waals surface area contributed by atoms with Crippen molar-refractivity contribution in [2.24, 2.45) is 0 Å². The van der Waals surface area contributed by atoms with E-state index in [1.54, 1.807) is 31.3 Å². The molecule has 0 aliphatic heterocycles. The van der Waals surface area contributed by atoms with Crippen molar-refractivity contribution in [3.63, 3.8) is 0 Å². The Balaban J connectivity index is 2.28. The molecule has 1 aromatic heterocycles. The van der Waals surface area contributed by atoms with Crippen LogP contribution in [0.5, 0.6) is 0 Å². The van der Waals surface area contributed by atoms with Crippen LogP contribution in [0, 0.1) is 11.3 Å². The van der Waals surface area contributed by atoms with Gasteiger partial charge in [0, 0.05) is 23.8 Å². The number of aromatic nitrogens is 1. The first-order chi connectivity index (χ1) is 9.63. The molecule has 5 nitrogen and oxygen atoms in total. The molecule has 0 fully saturated rings. The van der Waals surface area contributed by atoms with Crippen molar-refractivity contribution in [3.05, 3.63) is 52.7 Å². The van der Waals surface area contributed by atoms with Crippen LogP contribution in [0.15, 0.2) is 36.5 Å². The van der Waals surface area contributed by atoms with Crippen molar-refractivity contribution in [3.8, 4) is 6.07 Å². The fourth-order valence-electron chi connectivity index (χ4n) is 1.62. The van der Waals surface area contributed by atoms with Crippen LogP contribution in [-0.4, -0.2) is 17.9 Å². The first kappa shape index (κ1) is 13.8. The van der Waals surface area contributed by atoms with E-state index in [0.29, 0.717) is 27.7 Å². The van der Waals surface area contributed by atoms with Gasteiger partial charge in [0.2, 0.25) is 0 Å². The Morgan fingerprint density at radius 2 is 2.15 bits per heavy atom. The average Bonchev–Trinajstić information content (AvgIpc) is 2.47. The van der Waals surface area contributed by atoms with Gasteiger partial charge in [0.05, 0.1) is 11.3 Å². The fourth-order valence-corrected chi connectivity index (χ4v) is 1.79. The zero-order valence-corrected chi connectivity index (χ0v) is 11.4. The summed E-state index contributed by atoms with van der Waals surface area (Å²) in [4.78, 5) is 16.2. The van der Waals surface area contributed by atoms with Gasteiger partial charge < -0.3 is 10.6 Å². The molecule has 1 amide bonds. The summed E-state index contributed by atoms with van der Waals surface area (Å²) in [5.74, 6) is 0.256. The molecule has 0 aliphatic rings. The molecule has 2 N–H and O–H groups in total. The summed E-state index contributed by atoms with van der Waals surface area (Å²) in [6, 6.07) is 9.91. The summed E-state index contributed by atoms with van der Waals surface area (Å²) in [6.07, 6.45) is 1.53. The molecule has 100 valence electrons. The van der Waals surface area contributed by atoms with E-state index in [9.17, 15) is 4.79 Å². The molecule has 0 radical (unpaired) electrons. The highest BCUT2D eigenvalue weighted by molar-refractivity contribution is 6.31. The zero-order valence-electron chi connectivity index (χ0n) is 10.6. The second kappa shape index (κ2) is 6.04. The van der Waals surface area contributed by atoms with Gasteiger partial charge in [0.15, 0.2) is 0 Å². The number of benzene rings is 1. The molecule has 2 aromatic rings. The van der Waals surface area contributed by atoms with Crippen LogP contribution in [0.4, 0.5) is 11.5 Å². The lowest BCUT2D eigenvalue weighted by Crippen LogP contribution is -2.13. The number of carbonyl (C=O) groups is 1. The Morgan fingerprint density at radius 3 is 2.85 bits per heavy atom. The number of nitriles is 1. The van der Waals surface area contributed by atoms with Crippen LogP contribution in [0.1, 0.15) is 15.9 Å². The van der Waals surface area contributed by atoms with Gasteiger partial charge in [0.25, 0.3) is 5.91 Å². The molecule has 1 aromatic carbocycles. The maximum atomic E-state index is 12.1. The molecule has 0 unspecified atom stereocenters. The molecule has 0 aliphatic carbocycles. The van der Waals surface area contributed by atoms with Crippen LogP contribution in [0.3, 0.4) is 0 Å². The number of carbonyl (C=O) groups excluding carboxylic acids is 1. The SMILES string of the molecule is CNc1cc(C(=O)Nc2cc(Cl)ccc2C#N)ccn1. The van der Waals surface area contributed by atoms with Crippen LogP contribution >= 0.6 is 11.6 Å². The Hall–Kier alpha value is -2.58. The molecule has 1 heterocycles. The van der Waals surface area contributed by atoms with Gasteiger partial charge in [-0.3, -0.25) is 4.79 Å². The van der Waals surface area contributed by atoms with Crippen molar-refractivity contribution < 1.29 is 4.79 Å². The second-order valence-electron chi connectivity index (χ2n) is 3.94. The molecule has 0 bridgehead atoms. The van der Waals surface area contributed by atoms with Gasteiger partial charge in [-0.2, -0.15) is 5.26 Å². The monoisotopic (exact) mass is 286 g/mol. The van der Waals surface area contributed by atoms with Gasteiger partial charge in [-0.1, -0.05) is 11.6 Å². The highest BCUT2D eigenvalue weighted by Gasteiger charge is 2.10. The number of nitrogens with one attached hydrogen (secondary N) is 2. The zero-order chi connectivity index (χ0) is 14.5. The lowest BCUT2D eigenvalue weighted by atomic mass is 10.1. The molecular formula is C14H11ClN4O. The third kappa shape index (κ3) is 3.05. The van der Waals surface area contributed by atoms with E-state index in [1.807, 2.05) is 6.07 Å². The molecule has 0 saturated carbocycles. The van der Waals surface area contributed by atoms with Crippen LogP contribution in [0.2, 0.25) is 5.02 Å². The number of anilines is 2. The predicted molar refractivity (Wildman–Crippen MR) is 77.9 cm³/mol. The first-order valence-corrected chi connectivity index (χ1v) is 6.16. The van der Waals surface area contributed by atoms with Gasteiger partial charge in [-0.05, 0) is 30.3 Å². The molecule has 6 heteroatoms. The van der Waals surface area contributed by atoms with E-state index < -0.39 is 0 Å². The third-order valence-corrected chi connectivity index (χ3v) is 2.86. The van der Waals surface area contributed by atoms with E-state index in [-0.39, 0.29) is 5.91 Å². The molecular weight excluding hydrogens is 276 g/mol. The minimum atomic E-state index is -0.331. The number of hydrogen-bond donors (Lipinski definition) is 2. The number of hydrogen-bond acceptors (Lipinski definition) is 4. The molecule has 0 saturated heterocycles. The number of amides is 1. The molecule has 0 atom stereocenters. The Kier molecular flexibility index (Phi) is 4.18. The van der Waals surface area contributed by atoms with Crippen LogP contribution < -0.4 is 10.6 Å². The summed E-state index contributed by atoms with van der Waals surface area (Å²) in [7, 11) is 1.72. The summed E-state index contributed by atoms with van der Waals surface area (Å²) in [5.41, 5.74) is 1.17. The van der Waals surface area contributed by atoms with E-state index in [2.05, 4.69) is 15.6 Å². The number of nitrogens with zero attached hydrogens (tertiary/aromatic N) is 2. The van der Waals surface area contributed by atoms with E-state index in [0.717, 1.165) is 0 Å². The van der Waals surface area contributed by atoms with Gasteiger partial charge in [0.1, 0.15) is 11.9 Å². The third-order valence-electron chi connectivity index (χ3n) is 2.63. The van der Waals surface area contributed by atoms with Crippen molar-refractivity contribution >= 4 is 29.0 Å². The Labute approximate surface area is 121 Å². The van der Waals surface area contributed by atoms with E-state index in [4.69, 9.17) is 16.9 Å². The number of halogens is 1. The average molecular weight is 287 g/mol. The van der Waals surface area contributed by atoms with Crippen molar-refractivity contribution in [1.29, 1.82) is 5.26 Å². The van der Waals surface area contributed by atoms with Crippen molar-refractivity contribution in [2.45, 2.75) is 0 Å². The topological polar surface area (TPSA) is 77.8 Å². The maximum absolute atomic E-state index is 12.1. The van der Waals surface area contributed by atoms with Crippen LogP contribution in [-0.2, 0) is 0 Å². The van der Waals surface area contributed by atoms with Gasteiger partial charge >= 0.3 is 0 Å². The highest BCUT2D eigenvalue weighted by atomic mass is 35.5. The highest BCUT2D eigenvalue weighted by Crippen LogP contribution is 2.21. The standard InChI is InChI=1S/C14H11ClN4O/c1-17-13-6-9(4-5-18-13)14(20)19-12-7-11(15)3-2-10(12)8-16/h2-7H,1H3,(H,17,18)(H,19,20). The number of rotatable bonds is 3. The summed E-state index contributed by atoms with van der Waals surface area (Å²) in [5, 5.41) is 15.0. The summed E-state index contributed by atoms with van der Waals surface area (Å²) >= 11 is 5.87. The summed E-state index contributed by atoms with van der Waals surface area (Å²) in [6.45, 7) is 0. The second-order valence-corrected chi connectivity index (χ2v) is 4.37. The van der Waals surface area contributed by atoms with Crippen LogP contribution in [0.25, 0.3) is 0 Å².